The Morgan fingerprint density at radius 1 is 1.07 bits per heavy atom. The van der Waals surface area contributed by atoms with Crippen molar-refractivity contribution in [3.63, 3.8) is 0 Å². The number of halogens is 5. The van der Waals surface area contributed by atoms with Crippen molar-refractivity contribution in [1.29, 1.82) is 0 Å². The van der Waals surface area contributed by atoms with Gasteiger partial charge in [-0.25, -0.2) is 4.98 Å². The maximum atomic E-state index is 13.2. The molecule has 0 atom stereocenters. The summed E-state index contributed by atoms with van der Waals surface area (Å²) in [4.78, 5) is 23.7. The highest BCUT2D eigenvalue weighted by Crippen LogP contribution is 2.30. The first kappa shape index (κ1) is 21.4. The number of alkyl halides is 3. The molecule has 0 unspecified atom stereocenters. The maximum Gasteiger partial charge on any atom is 0.433 e. The zero-order valence-corrected chi connectivity index (χ0v) is 16.9. The first-order chi connectivity index (χ1) is 13.7. The quantitative estimate of drug-likeness (QED) is 0.760. The molecule has 0 spiro atoms. The molecule has 29 heavy (non-hydrogen) atoms. The van der Waals surface area contributed by atoms with Gasteiger partial charge in [-0.15, -0.1) is 0 Å². The van der Waals surface area contributed by atoms with E-state index in [-0.39, 0.29) is 17.7 Å². The van der Waals surface area contributed by atoms with Crippen LogP contribution in [0.1, 0.15) is 23.0 Å². The second-order valence-corrected chi connectivity index (χ2v) is 7.28. The Labute approximate surface area is 175 Å². The summed E-state index contributed by atoms with van der Waals surface area (Å²) in [5.74, 6) is -0.155. The van der Waals surface area contributed by atoms with Gasteiger partial charge in [0.05, 0.1) is 0 Å². The Kier molecular flexibility index (Phi) is 6.38. The Bertz CT molecular complexity index is 881. The third kappa shape index (κ3) is 5.22. The minimum atomic E-state index is -4.58. The molecule has 1 aliphatic rings. The van der Waals surface area contributed by atoms with Crippen LogP contribution in [-0.4, -0.2) is 53.5 Å². The number of nitrogens with one attached hydrogen (secondary N) is 1. The van der Waals surface area contributed by atoms with Crippen LogP contribution in [0.3, 0.4) is 0 Å². The minimum absolute atomic E-state index is 0.0197. The Hall–Kier alpha value is -2.26. The number of benzene rings is 1. The summed E-state index contributed by atoms with van der Waals surface area (Å²) in [5, 5.41) is 3.50. The zero-order valence-electron chi connectivity index (χ0n) is 15.4. The molecule has 1 fully saturated rings. The van der Waals surface area contributed by atoms with Crippen LogP contribution in [0.15, 0.2) is 24.3 Å². The molecule has 1 aliphatic heterocycles. The average Bonchev–Trinajstić information content (AvgIpc) is 2.66. The van der Waals surface area contributed by atoms with Crippen molar-refractivity contribution in [2.24, 2.45) is 0 Å². The summed E-state index contributed by atoms with van der Waals surface area (Å²) in [5.41, 5.74) is -0.647. The van der Waals surface area contributed by atoms with Crippen LogP contribution in [0.2, 0.25) is 10.0 Å². The van der Waals surface area contributed by atoms with Crippen molar-refractivity contribution in [2.75, 3.05) is 42.9 Å². The van der Waals surface area contributed by atoms with E-state index in [2.05, 4.69) is 15.3 Å². The van der Waals surface area contributed by atoms with Gasteiger partial charge in [-0.3, -0.25) is 4.79 Å². The predicted molar refractivity (Wildman–Crippen MR) is 106 cm³/mol. The molecule has 1 N–H and O–H groups in total. The molecule has 1 amide bonds. The standard InChI is InChI=1S/C18H18Cl2F3N5O/c1-2-24-15-10-14(18(21,22)23)25-17(26-15)28-5-3-27(4-6-28)16(29)11-7-12(19)9-13(20)8-11/h7-10H,2-6H2,1H3,(H,24,25,26). The van der Waals surface area contributed by atoms with Crippen molar-refractivity contribution in [3.8, 4) is 0 Å². The molecular formula is C18H18Cl2F3N5O. The molecule has 0 saturated carbocycles. The Balaban J connectivity index is 1.75. The summed E-state index contributed by atoms with van der Waals surface area (Å²) in [7, 11) is 0. The van der Waals surface area contributed by atoms with Gasteiger partial charge in [0.25, 0.3) is 5.91 Å². The van der Waals surface area contributed by atoms with Gasteiger partial charge in [-0.2, -0.15) is 18.2 Å². The number of hydrogen-bond acceptors (Lipinski definition) is 5. The largest absolute Gasteiger partial charge is 0.433 e. The monoisotopic (exact) mass is 447 g/mol. The van der Waals surface area contributed by atoms with Crippen LogP contribution in [0, 0.1) is 0 Å². The van der Waals surface area contributed by atoms with Crippen LogP contribution in [0.4, 0.5) is 24.9 Å². The maximum absolute atomic E-state index is 13.2. The predicted octanol–water partition coefficient (Wildman–Crippen LogP) is 4.20. The molecule has 1 aromatic carbocycles. The molecule has 6 nitrogen and oxygen atoms in total. The number of piperazine rings is 1. The van der Waals surface area contributed by atoms with Crippen molar-refractivity contribution >= 4 is 40.9 Å². The molecule has 3 rings (SSSR count). The van der Waals surface area contributed by atoms with E-state index in [4.69, 9.17) is 23.2 Å². The van der Waals surface area contributed by atoms with Crippen LogP contribution in [-0.2, 0) is 6.18 Å². The molecule has 1 saturated heterocycles. The number of anilines is 2. The van der Waals surface area contributed by atoms with E-state index in [0.717, 1.165) is 6.07 Å². The SMILES string of the molecule is CCNc1cc(C(F)(F)F)nc(N2CCN(C(=O)c3cc(Cl)cc(Cl)c3)CC2)n1. The first-order valence-electron chi connectivity index (χ1n) is 8.88. The zero-order chi connectivity index (χ0) is 21.2. The van der Waals surface area contributed by atoms with Gasteiger partial charge in [0, 0.05) is 54.4 Å². The number of nitrogens with zero attached hydrogens (tertiary/aromatic N) is 4. The molecule has 11 heteroatoms. The topological polar surface area (TPSA) is 61.4 Å². The van der Waals surface area contributed by atoms with E-state index in [1.54, 1.807) is 16.7 Å². The Morgan fingerprint density at radius 2 is 1.69 bits per heavy atom. The number of aromatic nitrogens is 2. The summed E-state index contributed by atoms with van der Waals surface area (Å²) < 4.78 is 39.5. The smallest absolute Gasteiger partial charge is 0.370 e. The summed E-state index contributed by atoms with van der Waals surface area (Å²) in [6.45, 7) is 3.40. The summed E-state index contributed by atoms with van der Waals surface area (Å²) >= 11 is 11.9. The first-order valence-corrected chi connectivity index (χ1v) is 9.63. The lowest BCUT2D eigenvalue weighted by atomic mass is 10.2. The molecule has 2 aromatic rings. The van der Waals surface area contributed by atoms with E-state index in [9.17, 15) is 18.0 Å². The lowest BCUT2D eigenvalue weighted by Crippen LogP contribution is -2.49. The van der Waals surface area contributed by atoms with Crippen LogP contribution in [0.25, 0.3) is 0 Å². The van der Waals surface area contributed by atoms with Gasteiger partial charge in [-0.05, 0) is 25.1 Å². The molecular weight excluding hydrogens is 430 g/mol. The number of amides is 1. The average molecular weight is 448 g/mol. The fourth-order valence-corrected chi connectivity index (χ4v) is 3.49. The third-order valence-corrected chi connectivity index (χ3v) is 4.76. The molecule has 2 heterocycles. The second kappa shape index (κ2) is 8.62. The van der Waals surface area contributed by atoms with Crippen molar-refractivity contribution in [2.45, 2.75) is 13.1 Å². The third-order valence-electron chi connectivity index (χ3n) is 4.32. The normalized spacial score (nSPS) is 14.8. The number of carbonyl (C=O) groups excluding carboxylic acids is 1. The van der Waals surface area contributed by atoms with Crippen molar-refractivity contribution in [3.05, 3.63) is 45.6 Å². The van der Waals surface area contributed by atoms with E-state index in [1.165, 1.54) is 18.2 Å². The number of rotatable bonds is 4. The highest BCUT2D eigenvalue weighted by atomic mass is 35.5. The van der Waals surface area contributed by atoms with E-state index in [1.807, 2.05) is 0 Å². The van der Waals surface area contributed by atoms with Crippen LogP contribution < -0.4 is 10.2 Å². The van der Waals surface area contributed by atoms with Gasteiger partial charge in [0.1, 0.15) is 5.82 Å². The van der Waals surface area contributed by atoms with Gasteiger partial charge in [0.2, 0.25) is 5.95 Å². The van der Waals surface area contributed by atoms with Crippen LogP contribution in [0.5, 0.6) is 0 Å². The summed E-state index contributed by atoms with van der Waals surface area (Å²) in [6.07, 6.45) is -4.58. The highest BCUT2D eigenvalue weighted by molar-refractivity contribution is 6.35. The van der Waals surface area contributed by atoms with Gasteiger partial charge < -0.3 is 15.1 Å². The van der Waals surface area contributed by atoms with Gasteiger partial charge in [-0.1, -0.05) is 23.2 Å². The lowest BCUT2D eigenvalue weighted by Gasteiger charge is -2.35. The van der Waals surface area contributed by atoms with Crippen molar-refractivity contribution in [1.82, 2.24) is 14.9 Å². The van der Waals surface area contributed by atoms with Crippen LogP contribution >= 0.6 is 23.2 Å². The lowest BCUT2D eigenvalue weighted by molar-refractivity contribution is -0.141. The summed E-state index contributed by atoms with van der Waals surface area (Å²) in [6, 6.07) is 5.47. The fraction of sp³-hybridized carbons (Fsp3) is 0.389. The van der Waals surface area contributed by atoms with E-state index < -0.39 is 11.9 Å². The van der Waals surface area contributed by atoms with Gasteiger partial charge >= 0.3 is 6.18 Å². The molecule has 0 radical (unpaired) electrons. The van der Waals surface area contributed by atoms with E-state index >= 15 is 0 Å². The minimum Gasteiger partial charge on any atom is -0.370 e. The Morgan fingerprint density at radius 3 is 2.24 bits per heavy atom. The molecule has 1 aromatic heterocycles. The molecule has 156 valence electrons. The van der Waals surface area contributed by atoms with Gasteiger partial charge in [0.15, 0.2) is 5.69 Å². The molecule has 0 aliphatic carbocycles. The molecule has 0 bridgehead atoms. The number of hydrogen-bond donors (Lipinski definition) is 1. The highest BCUT2D eigenvalue weighted by Gasteiger charge is 2.34. The van der Waals surface area contributed by atoms with E-state index in [0.29, 0.717) is 48.3 Å². The fourth-order valence-electron chi connectivity index (χ4n) is 2.96. The second-order valence-electron chi connectivity index (χ2n) is 6.40. The van der Waals surface area contributed by atoms with Crippen molar-refractivity contribution < 1.29 is 18.0 Å². The number of carbonyl (C=O) groups is 1.